The van der Waals surface area contributed by atoms with Crippen LogP contribution in [0.25, 0.3) is 0 Å². The average Bonchev–Trinajstić information content (AvgIpc) is 2.85. The van der Waals surface area contributed by atoms with Crippen molar-refractivity contribution in [2.75, 3.05) is 6.54 Å². The Morgan fingerprint density at radius 3 is 2.80 bits per heavy atom. The fourth-order valence-corrected chi connectivity index (χ4v) is 3.45. The molecule has 20 heavy (non-hydrogen) atoms. The van der Waals surface area contributed by atoms with Gasteiger partial charge in [-0.3, -0.25) is 0 Å². The molecule has 3 atom stereocenters. The van der Waals surface area contributed by atoms with Crippen molar-refractivity contribution in [3.63, 3.8) is 0 Å². The van der Waals surface area contributed by atoms with E-state index >= 15 is 0 Å². The molecular formula is C18H28FN. The minimum Gasteiger partial charge on any atom is -0.313 e. The summed E-state index contributed by atoms with van der Waals surface area (Å²) in [5.74, 6) is 1.48. The van der Waals surface area contributed by atoms with E-state index in [4.69, 9.17) is 0 Å². The summed E-state index contributed by atoms with van der Waals surface area (Å²) in [6.07, 6.45) is 6.09. The summed E-state index contributed by atoms with van der Waals surface area (Å²) in [4.78, 5) is 0. The van der Waals surface area contributed by atoms with Crippen LogP contribution < -0.4 is 5.32 Å². The Labute approximate surface area is 123 Å². The summed E-state index contributed by atoms with van der Waals surface area (Å²) in [5.41, 5.74) is 2.37. The average molecular weight is 277 g/mol. The minimum atomic E-state index is -0.111. The largest absolute Gasteiger partial charge is 0.313 e. The Morgan fingerprint density at radius 1 is 1.35 bits per heavy atom. The summed E-state index contributed by atoms with van der Waals surface area (Å²) in [7, 11) is 0. The van der Waals surface area contributed by atoms with Gasteiger partial charge in [0.05, 0.1) is 0 Å². The minimum absolute atomic E-state index is 0.111. The summed E-state index contributed by atoms with van der Waals surface area (Å²) in [6.45, 7) is 7.70. The molecule has 1 aromatic carbocycles. The van der Waals surface area contributed by atoms with Gasteiger partial charge in [-0.1, -0.05) is 26.3 Å². The molecule has 0 heterocycles. The van der Waals surface area contributed by atoms with E-state index in [2.05, 4.69) is 26.1 Å². The molecule has 1 aliphatic carbocycles. The molecule has 3 unspecified atom stereocenters. The van der Waals surface area contributed by atoms with Gasteiger partial charge in [0, 0.05) is 6.04 Å². The first-order chi connectivity index (χ1) is 9.60. The number of aryl methyl sites for hydroxylation is 1. The van der Waals surface area contributed by atoms with Crippen LogP contribution in [0.3, 0.4) is 0 Å². The lowest BCUT2D eigenvalue weighted by Gasteiger charge is -2.26. The third-order valence-electron chi connectivity index (χ3n) is 4.71. The topological polar surface area (TPSA) is 12.0 Å². The molecule has 1 N–H and O–H groups in total. The maximum Gasteiger partial charge on any atom is 0.123 e. The summed E-state index contributed by atoms with van der Waals surface area (Å²) < 4.78 is 13.5. The van der Waals surface area contributed by atoms with Crippen molar-refractivity contribution in [2.45, 2.75) is 58.9 Å². The molecule has 1 fully saturated rings. The molecule has 0 spiro atoms. The Morgan fingerprint density at radius 2 is 2.15 bits per heavy atom. The van der Waals surface area contributed by atoms with Gasteiger partial charge in [-0.25, -0.2) is 4.39 Å². The van der Waals surface area contributed by atoms with Crippen molar-refractivity contribution < 1.29 is 4.39 Å². The summed E-state index contributed by atoms with van der Waals surface area (Å²) >= 11 is 0. The molecule has 1 nitrogen and oxygen atoms in total. The lowest BCUT2D eigenvalue weighted by molar-refractivity contribution is 0.348. The summed E-state index contributed by atoms with van der Waals surface area (Å²) in [6, 6.07) is 5.68. The van der Waals surface area contributed by atoms with Gasteiger partial charge in [-0.2, -0.15) is 0 Å². The molecule has 0 aliphatic heterocycles. The molecular weight excluding hydrogens is 249 g/mol. The predicted octanol–water partition coefficient (Wildman–Crippen LogP) is 4.48. The highest BCUT2D eigenvalue weighted by molar-refractivity contribution is 5.27. The molecule has 1 saturated carbocycles. The molecule has 112 valence electrons. The highest BCUT2D eigenvalue weighted by atomic mass is 19.1. The second kappa shape index (κ2) is 7.21. The van der Waals surface area contributed by atoms with Crippen LogP contribution in [0.4, 0.5) is 4.39 Å². The van der Waals surface area contributed by atoms with Gasteiger partial charge in [0.15, 0.2) is 0 Å². The molecule has 2 rings (SSSR count). The first-order valence-corrected chi connectivity index (χ1v) is 8.08. The van der Waals surface area contributed by atoms with Crippen molar-refractivity contribution in [1.29, 1.82) is 0 Å². The Balaban J connectivity index is 2.08. The van der Waals surface area contributed by atoms with E-state index in [1.54, 1.807) is 12.1 Å². The van der Waals surface area contributed by atoms with Gasteiger partial charge in [-0.05, 0) is 74.2 Å². The van der Waals surface area contributed by atoms with E-state index in [0.717, 1.165) is 36.8 Å². The third-order valence-corrected chi connectivity index (χ3v) is 4.71. The number of rotatable bonds is 6. The normalized spacial score (nSPS) is 24.0. The first kappa shape index (κ1) is 15.5. The van der Waals surface area contributed by atoms with E-state index in [1.165, 1.54) is 24.8 Å². The SMILES string of the molecule is CCCNC(Cc1cc(F)ccc1C)C1CCC(C)C1. The lowest BCUT2D eigenvalue weighted by Crippen LogP contribution is -2.38. The van der Waals surface area contributed by atoms with Crippen molar-refractivity contribution >= 4 is 0 Å². The standard InChI is InChI=1S/C18H28FN/c1-4-9-20-18(15-7-5-13(2)10-15)12-16-11-17(19)8-6-14(16)3/h6,8,11,13,15,18,20H,4-5,7,9-10,12H2,1-3H3. The van der Waals surface area contributed by atoms with Gasteiger partial charge in [0.2, 0.25) is 0 Å². The second-order valence-corrected chi connectivity index (χ2v) is 6.51. The van der Waals surface area contributed by atoms with E-state index in [-0.39, 0.29) is 5.82 Å². The second-order valence-electron chi connectivity index (χ2n) is 6.51. The van der Waals surface area contributed by atoms with Crippen molar-refractivity contribution in [3.8, 4) is 0 Å². The fourth-order valence-electron chi connectivity index (χ4n) is 3.45. The quantitative estimate of drug-likeness (QED) is 0.808. The van der Waals surface area contributed by atoms with Gasteiger partial charge < -0.3 is 5.32 Å². The van der Waals surface area contributed by atoms with Gasteiger partial charge in [-0.15, -0.1) is 0 Å². The predicted molar refractivity (Wildman–Crippen MR) is 83.4 cm³/mol. The highest BCUT2D eigenvalue weighted by Crippen LogP contribution is 2.34. The van der Waals surface area contributed by atoms with E-state index < -0.39 is 0 Å². The van der Waals surface area contributed by atoms with Gasteiger partial charge in [0.1, 0.15) is 5.82 Å². The van der Waals surface area contributed by atoms with Crippen LogP contribution >= 0.6 is 0 Å². The van der Waals surface area contributed by atoms with Gasteiger partial charge >= 0.3 is 0 Å². The highest BCUT2D eigenvalue weighted by Gasteiger charge is 2.28. The van der Waals surface area contributed by atoms with Crippen LogP contribution in [0.5, 0.6) is 0 Å². The first-order valence-electron chi connectivity index (χ1n) is 8.08. The molecule has 1 aromatic rings. The Hall–Kier alpha value is -0.890. The van der Waals surface area contributed by atoms with Crippen LogP contribution in [0.1, 0.15) is 50.7 Å². The number of hydrogen-bond donors (Lipinski definition) is 1. The van der Waals surface area contributed by atoms with Crippen LogP contribution in [0.2, 0.25) is 0 Å². The van der Waals surface area contributed by atoms with Gasteiger partial charge in [0.25, 0.3) is 0 Å². The number of nitrogens with one attached hydrogen (secondary N) is 1. The van der Waals surface area contributed by atoms with Crippen LogP contribution in [-0.4, -0.2) is 12.6 Å². The molecule has 0 aromatic heterocycles. The van der Waals surface area contributed by atoms with E-state index in [1.807, 2.05) is 6.07 Å². The Kier molecular flexibility index (Phi) is 5.59. The molecule has 0 radical (unpaired) electrons. The van der Waals surface area contributed by atoms with Crippen LogP contribution in [0.15, 0.2) is 18.2 Å². The lowest BCUT2D eigenvalue weighted by atomic mass is 9.90. The fraction of sp³-hybridized carbons (Fsp3) is 0.667. The van der Waals surface area contributed by atoms with Crippen LogP contribution in [-0.2, 0) is 6.42 Å². The Bertz CT molecular complexity index is 429. The molecule has 0 saturated heterocycles. The summed E-state index contributed by atoms with van der Waals surface area (Å²) in [5, 5.41) is 3.70. The zero-order valence-corrected chi connectivity index (χ0v) is 13.1. The smallest absolute Gasteiger partial charge is 0.123 e. The zero-order chi connectivity index (χ0) is 14.5. The number of benzene rings is 1. The number of hydrogen-bond acceptors (Lipinski definition) is 1. The van der Waals surface area contributed by atoms with Crippen LogP contribution in [0, 0.1) is 24.6 Å². The maximum absolute atomic E-state index is 13.5. The molecule has 2 heteroatoms. The maximum atomic E-state index is 13.5. The number of halogens is 1. The van der Waals surface area contributed by atoms with Crippen molar-refractivity contribution in [2.24, 2.45) is 11.8 Å². The molecule has 1 aliphatic rings. The third kappa shape index (κ3) is 4.05. The van der Waals surface area contributed by atoms with Crippen molar-refractivity contribution in [3.05, 3.63) is 35.1 Å². The zero-order valence-electron chi connectivity index (χ0n) is 13.1. The van der Waals surface area contributed by atoms with Crippen molar-refractivity contribution in [1.82, 2.24) is 5.32 Å². The van der Waals surface area contributed by atoms with E-state index in [0.29, 0.717) is 6.04 Å². The molecule has 0 bridgehead atoms. The van der Waals surface area contributed by atoms with E-state index in [9.17, 15) is 4.39 Å². The molecule has 0 amide bonds. The monoisotopic (exact) mass is 277 g/mol.